The molecule has 1 saturated heterocycles. The number of nitrogens with one attached hydrogen (secondary N) is 2. The average molecular weight is 1020 g/mol. The highest BCUT2D eigenvalue weighted by Gasteiger charge is 2.46. The molecule has 5 N–H and O–H groups in total. The molecule has 2 amide bonds. The largest absolute Gasteiger partial charge is 0.508 e. The minimum absolute atomic E-state index is 0.00627. The summed E-state index contributed by atoms with van der Waals surface area (Å²) in [5.74, 6) is -1.29. The molecule has 75 heavy (non-hydrogen) atoms. The number of fused-ring (bicyclic) bond motifs is 5. The molecule has 0 bridgehead atoms. The van der Waals surface area contributed by atoms with E-state index in [1.807, 2.05) is 67.3 Å². The van der Waals surface area contributed by atoms with E-state index in [-0.39, 0.29) is 72.9 Å². The molecule has 19 heteroatoms. The molecular formula is C56H55FN8O10. The molecule has 4 aliphatic rings. The van der Waals surface area contributed by atoms with Crippen LogP contribution in [0.3, 0.4) is 0 Å². The van der Waals surface area contributed by atoms with Crippen molar-refractivity contribution in [2.75, 3.05) is 26.2 Å². The molecular weight excluding hydrogens is 964 g/mol. The third-order valence-corrected chi connectivity index (χ3v) is 15.4. The van der Waals surface area contributed by atoms with E-state index < -0.39 is 40.8 Å². The maximum atomic E-state index is 15.4. The number of alkyl carbamates (subject to hydrolysis) is 1. The normalized spacial score (nSPS) is 17.9. The standard InChI is InChI=1S/C56H55FN8O10/c1-5-56(73)40-22-44-50-38(26-64(44)52(69)39(40)28-74-53(56)70)49-42(15-14-35-30(4)41(57)23-43(58-50)48(35)49)59-55(72)75-27-33-8-6-31(7-9-33)20-47(68)63-18-16-62(17-19-63)25-32-10-12-34(13-11-32)65-51(60-61-54(65)71)37-21-36(29(2)3)45(66)24-46(37)67/h6-13,21-24,29,42,66-67,73H,5,14-20,25-28H2,1-4H3,(H,59,72)(H,61,71)/t42-,56-/m0/s1. The van der Waals surface area contributed by atoms with Gasteiger partial charge in [-0.05, 0) is 95.3 Å². The Kier molecular flexibility index (Phi) is 12.4. The minimum atomic E-state index is -2.01. The second-order valence-corrected chi connectivity index (χ2v) is 20.2. The van der Waals surface area contributed by atoms with Gasteiger partial charge in [0.1, 0.15) is 30.5 Å². The number of aryl methyl sites for hydroxylation is 1. The van der Waals surface area contributed by atoms with Crippen LogP contribution in [0.5, 0.6) is 11.5 Å². The van der Waals surface area contributed by atoms with Gasteiger partial charge in [-0.1, -0.05) is 57.2 Å². The number of phenols is 2. The van der Waals surface area contributed by atoms with Crippen LogP contribution in [0, 0.1) is 12.7 Å². The van der Waals surface area contributed by atoms with Crippen molar-refractivity contribution >= 4 is 28.9 Å². The fourth-order valence-electron chi connectivity index (χ4n) is 11.2. The highest BCUT2D eigenvalue weighted by atomic mass is 19.1. The second-order valence-electron chi connectivity index (χ2n) is 20.2. The quantitative estimate of drug-likeness (QED) is 0.0884. The molecule has 6 heterocycles. The Hall–Kier alpha value is -8.16. The van der Waals surface area contributed by atoms with Crippen molar-refractivity contribution in [2.24, 2.45) is 0 Å². The minimum Gasteiger partial charge on any atom is -0.508 e. The zero-order chi connectivity index (χ0) is 52.6. The predicted molar refractivity (Wildman–Crippen MR) is 273 cm³/mol. The average Bonchev–Trinajstić information content (AvgIpc) is 4.04. The van der Waals surface area contributed by atoms with E-state index in [1.54, 1.807) is 26.0 Å². The van der Waals surface area contributed by atoms with Gasteiger partial charge in [-0.25, -0.2) is 33.4 Å². The number of pyridine rings is 2. The lowest BCUT2D eigenvalue weighted by molar-refractivity contribution is -0.172. The molecule has 3 aromatic heterocycles. The number of aromatic amines is 1. The fourth-order valence-corrected chi connectivity index (χ4v) is 11.2. The lowest BCUT2D eigenvalue weighted by atomic mass is 9.81. The molecule has 11 rings (SSSR count). The molecule has 386 valence electrons. The smallest absolute Gasteiger partial charge is 0.407 e. The number of cyclic esters (lactones) is 1. The van der Waals surface area contributed by atoms with Crippen molar-refractivity contribution in [1.82, 2.24) is 39.4 Å². The number of ether oxygens (including phenoxy) is 2. The Labute approximate surface area is 429 Å². The van der Waals surface area contributed by atoms with Gasteiger partial charge >= 0.3 is 17.8 Å². The number of carbonyl (C=O) groups excluding carboxylic acids is 3. The van der Waals surface area contributed by atoms with E-state index in [1.165, 1.54) is 21.3 Å². The summed E-state index contributed by atoms with van der Waals surface area (Å²) in [7, 11) is 0. The fraction of sp³-hybridized carbons (Fsp3) is 0.339. The summed E-state index contributed by atoms with van der Waals surface area (Å²) in [6.45, 7) is 10.1. The number of hydrogen-bond acceptors (Lipinski definition) is 13. The van der Waals surface area contributed by atoms with Gasteiger partial charge in [0, 0.05) is 61.4 Å². The van der Waals surface area contributed by atoms with Crippen molar-refractivity contribution in [3.8, 4) is 40.0 Å². The van der Waals surface area contributed by atoms with E-state index in [0.717, 1.165) is 22.3 Å². The third kappa shape index (κ3) is 8.58. The van der Waals surface area contributed by atoms with Crippen LogP contribution in [0.2, 0.25) is 0 Å². The van der Waals surface area contributed by atoms with E-state index in [4.69, 9.17) is 14.5 Å². The Balaban J connectivity index is 0.702. The molecule has 0 radical (unpaired) electrons. The maximum Gasteiger partial charge on any atom is 0.407 e. The van der Waals surface area contributed by atoms with Gasteiger partial charge in [0.2, 0.25) is 5.91 Å². The number of H-pyrrole nitrogens is 1. The lowest BCUT2D eigenvalue weighted by Crippen LogP contribution is -2.48. The van der Waals surface area contributed by atoms with Crippen LogP contribution >= 0.6 is 0 Å². The molecule has 7 aromatic rings. The van der Waals surface area contributed by atoms with E-state index in [0.29, 0.717) is 101 Å². The molecule has 0 unspecified atom stereocenters. The Morgan fingerprint density at radius 2 is 1.65 bits per heavy atom. The van der Waals surface area contributed by atoms with Crippen LogP contribution in [0.15, 0.2) is 82.4 Å². The molecule has 1 fully saturated rings. The number of phenolic OH excluding ortho intramolecular Hbond substituents is 2. The predicted octanol–water partition coefficient (Wildman–Crippen LogP) is 6.40. The number of benzene rings is 4. The number of halogens is 1. The number of nitrogens with zero attached hydrogens (tertiary/aromatic N) is 6. The number of piperazine rings is 1. The van der Waals surface area contributed by atoms with Crippen molar-refractivity contribution in [3.05, 3.63) is 155 Å². The maximum absolute atomic E-state index is 15.4. The molecule has 3 aliphatic heterocycles. The summed E-state index contributed by atoms with van der Waals surface area (Å²) >= 11 is 0. The van der Waals surface area contributed by atoms with Crippen molar-refractivity contribution < 1.29 is 43.6 Å². The number of amides is 2. The number of carbonyl (C=O) groups is 3. The first-order valence-corrected chi connectivity index (χ1v) is 25.2. The van der Waals surface area contributed by atoms with Gasteiger partial charge in [0.25, 0.3) is 5.56 Å². The molecule has 0 saturated carbocycles. The first-order valence-electron chi connectivity index (χ1n) is 25.2. The number of hydrogen-bond donors (Lipinski definition) is 5. The molecule has 18 nitrogen and oxygen atoms in total. The highest BCUT2D eigenvalue weighted by molar-refractivity contribution is 5.94. The molecule has 4 aromatic carbocycles. The van der Waals surface area contributed by atoms with Gasteiger partial charge in [0.05, 0.1) is 52.7 Å². The second kappa shape index (κ2) is 19.0. The third-order valence-electron chi connectivity index (χ3n) is 15.4. The first kappa shape index (κ1) is 49.1. The van der Waals surface area contributed by atoms with Crippen LogP contribution in [0.1, 0.15) is 101 Å². The van der Waals surface area contributed by atoms with Crippen molar-refractivity contribution in [2.45, 2.75) is 97.2 Å². The van der Waals surface area contributed by atoms with Crippen LogP contribution in [-0.2, 0) is 63.8 Å². The SMILES string of the molecule is CC[C@@]1(O)C(=O)OCc2c1cc1n(c2=O)Cc2c-1nc1cc(F)c(C)c3c1c2[C@@H](NC(=O)OCc1ccc(CC(=O)N2CCN(Cc4ccc(-n5c(-c6cc(C(C)C)c(O)cc6O)n[nH]c5=O)cc4)CC2)cc1)CC3. The van der Waals surface area contributed by atoms with E-state index >= 15 is 4.39 Å². The number of aromatic nitrogens is 5. The van der Waals surface area contributed by atoms with E-state index in [2.05, 4.69) is 20.4 Å². The highest BCUT2D eigenvalue weighted by Crippen LogP contribution is 2.46. The monoisotopic (exact) mass is 1020 g/mol. The van der Waals surface area contributed by atoms with Crippen LogP contribution in [0.25, 0.3) is 39.4 Å². The van der Waals surface area contributed by atoms with Crippen LogP contribution in [-0.4, -0.2) is 93.6 Å². The number of esters is 1. The molecule has 2 atom stereocenters. The zero-order valence-electron chi connectivity index (χ0n) is 41.8. The summed E-state index contributed by atoms with van der Waals surface area (Å²) < 4.78 is 29.3. The number of aromatic hydroxyl groups is 2. The Morgan fingerprint density at radius 1 is 0.933 bits per heavy atom. The lowest BCUT2D eigenvalue weighted by Gasteiger charge is -2.35. The topological polar surface area (TPSA) is 234 Å². The van der Waals surface area contributed by atoms with Gasteiger partial charge in [-0.3, -0.25) is 14.5 Å². The summed E-state index contributed by atoms with van der Waals surface area (Å²) in [5.41, 5.74) is 5.32. The summed E-state index contributed by atoms with van der Waals surface area (Å²) in [6.07, 6.45) is 0.419. The summed E-state index contributed by atoms with van der Waals surface area (Å²) in [6, 6.07) is 20.2. The van der Waals surface area contributed by atoms with Gasteiger partial charge in [-0.15, -0.1) is 0 Å². The zero-order valence-corrected chi connectivity index (χ0v) is 41.8. The summed E-state index contributed by atoms with van der Waals surface area (Å²) in [4.78, 5) is 75.7. The molecule has 0 spiro atoms. The molecule has 1 aliphatic carbocycles. The Bertz CT molecular complexity index is 3620. The van der Waals surface area contributed by atoms with E-state index in [9.17, 15) is 39.3 Å². The van der Waals surface area contributed by atoms with Gasteiger partial charge in [0.15, 0.2) is 11.4 Å². The van der Waals surface area contributed by atoms with Gasteiger partial charge < -0.3 is 39.6 Å². The van der Waals surface area contributed by atoms with Crippen LogP contribution in [0.4, 0.5) is 9.18 Å². The van der Waals surface area contributed by atoms with Crippen LogP contribution < -0.4 is 16.6 Å². The van der Waals surface area contributed by atoms with Gasteiger partial charge in [-0.2, -0.15) is 5.10 Å². The number of aliphatic hydroxyl groups is 1. The number of rotatable bonds is 11. The first-order chi connectivity index (χ1) is 36.0. The summed E-state index contributed by atoms with van der Waals surface area (Å²) in [5, 5.41) is 42.8. The van der Waals surface area contributed by atoms with Crippen molar-refractivity contribution in [3.63, 3.8) is 0 Å². The Morgan fingerprint density at radius 3 is 2.37 bits per heavy atom. The van der Waals surface area contributed by atoms with Crippen molar-refractivity contribution in [1.29, 1.82) is 0 Å².